The van der Waals surface area contributed by atoms with Crippen LogP contribution in [0.4, 0.5) is 4.79 Å². The number of benzene rings is 2. The quantitative estimate of drug-likeness (QED) is 0.753. The second-order valence-corrected chi connectivity index (χ2v) is 8.29. The molecule has 2 aromatic carbocycles. The summed E-state index contributed by atoms with van der Waals surface area (Å²) in [5.74, 6) is 0.313. The number of imide groups is 1. The van der Waals surface area contributed by atoms with Crippen molar-refractivity contribution in [1.29, 1.82) is 0 Å². The van der Waals surface area contributed by atoms with E-state index in [-0.39, 0.29) is 24.4 Å². The van der Waals surface area contributed by atoms with Crippen molar-refractivity contribution in [3.63, 3.8) is 0 Å². The Bertz CT molecular complexity index is 966. The number of ether oxygens (including phenoxy) is 1. The molecule has 0 aromatic heterocycles. The zero-order valence-electron chi connectivity index (χ0n) is 17.8. The second kappa shape index (κ2) is 8.41. The Morgan fingerprint density at radius 2 is 1.71 bits per heavy atom. The first-order chi connectivity index (χ1) is 14.9. The molecular formula is C24H27N3O4. The normalized spacial score (nSPS) is 18.8. The predicted molar refractivity (Wildman–Crippen MR) is 115 cm³/mol. The van der Waals surface area contributed by atoms with E-state index in [2.05, 4.69) is 5.32 Å². The average molecular weight is 421 g/mol. The van der Waals surface area contributed by atoms with Crippen molar-refractivity contribution < 1.29 is 19.1 Å². The van der Waals surface area contributed by atoms with Crippen molar-refractivity contribution in [1.82, 2.24) is 15.1 Å². The maximum absolute atomic E-state index is 13.1. The standard InChI is InChI=1S/C24H27N3O4/c1-17-8-10-19(11-9-17)16-27-22(29)24(25-23(27)30)12-14-26(15-13-24)21(28)18(2)31-20-6-4-3-5-7-20/h3-11,18H,12-16H2,1-2H3,(H,25,30)/t18-/m1/s1. The Kier molecular flexibility index (Phi) is 5.67. The van der Waals surface area contributed by atoms with Gasteiger partial charge in [0.1, 0.15) is 11.3 Å². The van der Waals surface area contributed by atoms with Crippen molar-refractivity contribution in [2.24, 2.45) is 0 Å². The summed E-state index contributed by atoms with van der Waals surface area (Å²) in [6, 6.07) is 16.6. The smallest absolute Gasteiger partial charge is 0.325 e. The van der Waals surface area contributed by atoms with E-state index >= 15 is 0 Å². The maximum Gasteiger partial charge on any atom is 0.325 e. The minimum absolute atomic E-state index is 0.119. The molecule has 0 bridgehead atoms. The van der Waals surface area contributed by atoms with Crippen LogP contribution in [0.15, 0.2) is 54.6 Å². The van der Waals surface area contributed by atoms with Gasteiger partial charge in [0.2, 0.25) is 0 Å². The molecule has 162 valence electrons. The number of carbonyl (C=O) groups is 3. The monoisotopic (exact) mass is 421 g/mol. The van der Waals surface area contributed by atoms with Crippen LogP contribution in [0.25, 0.3) is 0 Å². The molecule has 2 aliphatic heterocycles. The fraction of sp³-hybridized carbons (Fsp3) is 0.375. The summed E-state index contributed by atoms with van der Waals surface area (Å²) in [5, 5.41) is 2.90. The molecule has 2 fully saturated rings. The average Bonchev–Trinajstić information content (AvgIpc) is 3.00. The number of rotatable bonds is 5. The molecule has 7 nitrogen and oxygen atoms in total. The number of nitrogens with zero attached hydrogens (tertiary/aromatic N) is 2. The summed E-state index contributed by atoms with van der Waals surface area (Å²) in [6.45, 7) is 4.76. The molecule has 1 spiro atoms. The molecule has 4 amide bonds. The highest BCUT2D eigenvalue weighted by molar-refractivity contribution is 6.07. The fourth-order valence-corrected chi connectivity index (χ4v) is 4.15. The first kappa shape index (κ1) is 20.9. The van der Waals surface area contributed by atoms with Gasteiger partial charge in [-0.1, -0.05) is 48.0 Å². The highest BCUT2D eigenvalue weighted by Crippen LogP contribution is 2.31. The first-order valence-corrected chi connectivity index (χ1v) is 10.6. The lowest BCUT2D eigenvalue weighted by molar-refractivity contribution is -0.142. The van der Waals surface area contributed by atoms with Crippen LogP contribution in [-0.4, -0.2) is 52.4 Å². The number of aryl methyl sites for hydroxylation is 1. The van der Waals surface area contributed by atoms with Crippen molar-refractivity contribution in [2.45, 2.75) is 44.9 Å². The summed E-state index contributed by atoms with van der Waals surface area (Å²) >= 11 is 0. The summed E-state index contributed by atoms with van der Waals surface area (Å²) in [4.78, 5) is 41.5. The lowest BCUT2D eigenvalue weighted by Gasteiger charge is -2.38. The van der Waals surface area contributed by atoms with Crippen molar-refractivity contribution >= 4 is 17.8 Å². The highest BCUT2D eigenvalue weighted by Gasteiger charge is 2.52. The molecule has 2 heterocycles. The second-order valence-electron chi connectivity index (χ2n) is 8.29. The summed E-state index contributed by atoms with van der Waals surface area (Å²) in [5.41, 5.74) is 1.10. The molecule has 1 atom stereocenters. The zero-order valence-corrected chi connectivity index (χ0v) is 17.8. The summed E-state index contributed by atoms with van der Waals surface area (Å²) < 4.78 is 5.74. The van der Waals surface area contributed by atoms with Gasteiger partial charge in [-0.2, -0.15) is 0 Å². The molecule has 2 aliphatic rings. The molecule has 4 rings (SSSR count). The van der Waals surface area contributed by atoms with E-state index in [1.807, 2.05) is 61.5 Å². The van der Waals surface area contributed by atoms with E-state index in [1.54, 1.807) is 11.8 Å². The van der Waals surface area contributed by atoms with E-state index in [9.17, 15) is 14.4 Å². The van der Waals surface area contributed by atoms with Crippen molar-refractivity contribution in [3.8, 4) is 5.75 Å². The minimum atomic E-state index is -0.928. The number of para-hydroxylation sites is 1. The van der Waals surface area contributed by atoms with Gasteiger partial charge in [0, 0.05) is 13.1 Å². The molecule has 2 aromatic rings. The molecule has 1 N–H and O–H groups in total. The van der Waals surface area contributed by atoms with E-state index in [4.69, 9.17) is 4.74 Å². The Labute approximate surface area is 182 Å². The third-order valence-electron chi connectivity index (χ3n) is 6.04. The van der Waals surface area contributed by atoms with Crippen LogP contribution in [0.2, 0.25) is 0 Å². The maximum atomic E-state index is 13.1. The SMILES string of the molecule is Cc1ccc(CN2C(=O)NC3(CCN(C(=O)[C@@H](C)Oc4ccccc4)CC3)C2=O)cc1. The van der Waals surface area contributed by atoms with Crippen LogP contribution in [-0.2, 0) is 16.1 Å². The summed E-state index contributed by atoms with van der Waals surface area (Å²) in [6.07, 6.45) is 0.167. The Balaban J connectivity index is 1.37. The number of urea groups is 1. The number of hydrogen-bond acceptors (Lipinski definition) is 4. The molecule has 0 aliphatic carbocycles. The number of nitrogens with one attached hydrogen (secondary N) is 1. The lowest BCUT2D eigenvalue weighted by Crippen LogP contribution is -2.57. The zero-order chi connectivity index (χ0) is 22.0. The van der Waals surface area contributed by atoms with Gasteiger partial charge in [0.25, 0.3) is 11.8 Å². The molecule has 0 saturated carbocycles. The molecule has 7 heteroatoms. The van der Waals surface area contributed by atoms with Crippen molar-refractivity contribution in [3.05, 3.63) is 65.7 Å². The van der Waals surface area contributed by atoms with Gasteiger partial charge in [0.15, 0.2) is 6.10 Å². The van der Waals surface area contributed by atoms with Gasteiger partial charge in [-0.25, -0.2) is 4.79 Å². The lowest BCUT2D eigenvalue weighted by atomic mass is 9.87. The van der Waals surface area contributed by atoms with E-state index in [0.717, 1.165) is 11.1 Å². The van der Waals surface area contributed by atoms with E-state index in [1.165, 1.54) is 4.90 Å². The molecule has 0 radical (unpaired) electrons. The number of likely N-dealkylation sites (tertiary alicyclic amines) is 1. The van der Waals surface area contributed by atoms with Crippen LogP contribution >= 0.6 is 0 Å². The van der Waals surface area contributed by atoms with Gasteiger partial charge in [0.05, 0.1) is 6.54 Å². The first-order valence-electron chi connectivity index (χ1n) is 10.6. The van der Waals surface area contributed by atoms with Crippen LogP contribution in [0.1, 0.15) is 30.9 Å². The van der Waals surface area contributed by atoms with Crippen molar-refractivity contribution in [2.75, 3.05) is 13.1 Å². The van der Waals surface area contributed by atoms with Crippen LogP contribution in [0, 0.1) is 6.92 Å². The van der Waals surface area contributed by atoms with E-state index in [0.29, 0.717) is 31.7 Å². The van der Waals surface area contributed by atoms with Gasteiger partial charge in [-0.3, -0.25) is 14.5 Å². The van der Waals surface area contributed by atoms with E-state index < -0.39 is 11.6 Å². The number of carbonyl (C=O) groups excluding carboxylic acids is 3. The summed E-state index contributed by atoms with van der Waals surface area (Å²) in [7, 11) is 0. The molecule has 31 heavy (non-hydrogen) atoms. The van der Waals surface area contributed by atoms with Gasteiger partial charge < -0.3 is 15.0 Å². The Morgan fingerprint density at radius 1 is 1.06 bits per heavy atom. The number of piperidine rings is 1. The Hall–Kier alpha value is -3.35. The number of amides is 4. The van der Waals surface area contributed by atoms with Crippen LogP contribution in [0.5, 0.6) is 5.75 Å². The topological polar surface area (TPSA) is 79.0 Å². The minimum Gasteiger partial charge on any atom is -0.481 e. The molecule has 0 unspecified atom stereocenters. The van der Waals surface area contributed by atoms with Gasteiger partial charge in [-0.05, 0) is 44.4 Å². The number of hydrogen-bond donors (Lipinski definition) is 1. The molecule has 2 saturated heterocycles. The van der Waals surface area contributed by atoms with Gasteiger partial charge >= 0.3 is 6.03 Å². The highest BCUT2D eigenvalue weighted by atomic mass is 16.5. The Morgan fingerprint density at radius 3 is 2.35 bits per heavy atom. The largest absolute Gasteiger partial charge is 0.481 e. The third kappa shape index (κ3) is 4.26. The predicted octanol–water partition coefficient (Wildman–Crippen LogP) is 2.88. The fourth-order valence-electron chi connectivity index (χ4n) is 4.15. The van der Waals surface area contributed by atoms with Gasteiger partial charge in [-0.15, -0.1) is 0 Å². The van der Waals surface area contributed by atoms with Crippen LogP contribution < -0.4 is 10.1 Å². The van der Waals surface area contributed by atoms with Crippen LogP contribution in [0.3, 0.4) is 0 Å². The third-order valence-corrected chi connectivity index (χ3v) is 6.04. The molecular weight excluding hydrogens is 394 g/mol.